The standard InChI is InChI=1S/C22H20ClF3N4O2.C19H16ClF3N4O2.C3H7BO2.CH4/c23-17-6-3-13(9-16(17)22(24,25)26)15-10-30(14-4-5-14)20-19(15)21(32)29(12-27-20)11-18(31)28-7-1-2-8-28;20-14-4-3-11(7-13(14)19(21,22)23)12-8-24-17-16(12)18(29)27(10-25-17)9-15(28)26-5-1-2-6-26;5-4(6)3-1-2-3;/h3,6,9-10,12,14H,1-2,4-5,7-8,11H2;3-4,7-8,10,24H,1-2,5-6,9H2;3,5-6H,1-2H2;1H4. The fourth-order valence-electron chi connectivity index (χ4n) is 8.17. The van der Waals surface area contributed by atoms with E-state index >= 15 is 0 Å². The van der Waals surface area contributed by atoms with Crippen molar-refractivity contribution in [1.82, 2.24) is 38.5 Å². The molecule has 2 saturated carbocycles. The highest BCUT2D eigenvalue weighted by molar-refractivity contribution is 6.44. The maximum Gasteiger partial charge on any atom is 0.454 e. The van der Waals surface area contributed by atoms with Crippen LogP contribution in [0.2, 0.25) is 15.9 Å². The summed E-state index contributed by atoms with van der Waals surface area (Å²) >= 11 is 11.5. The second kappa shape index (κ2) is 20.1. The number of halogens is 8. The Morgan fingerprint density at radius 1 is 0.706 bits per heavy atom. The number of benzene rings is 2. The van der Waals surface area contributed by atoms with Crippen molar-refractivity contribution in [1.29, 1.82) is 0 Å². The van der Waals surface area contributed by atoms with Crippen molar-refractivity contribution >= 4 is 64.2 Å². The van der Waals surface area contributed by atoms with Crippen LogP contribution in [0.25, 0.3) is 44.3 Å². The van der Waals surface area contributed by atoms with Gasteiger partial charge in [-0.1, -0.05) is 55.6 Å². The van der Waals surface area contributed by atoms with Gasteiger partial charge in [0.15, 0.2) is 0 Å². The van der Waals surface area contributed by atoms with E-state index in [4.69, 9.17) is 33.2 Å². The average molecular weight is 992 g/mol. The zero-order chi connectivity index (χ0) is 47.9. The number of hydrogen-bond donors (Lipinski definition) is 3. The van der Waals surface area contributed by atoms with Crippen LogP contribution in [0.3, 0.4) is 0 Å². The third kappa shape index (κ3) is 11.0. The quantitative estimate of drug-likeness (QED) is 0.101. The lowest BCUT2D eigenvalue weighted by Crippen LogP contribution is -2.34. The van der Waals surface area contributed by atoms with Gasteiger partial charge >= 0.3 is 19.5 Å². The largest absolute Gasteiger partial charge is 0.454 e. The summed E-state index contributed by atoms with van der Waals surface area (Å²) in [5.41, 5.74) is -1.21. The average Bonchev–Trinajstić information content (AvgIpc) is 4.03. The molecule has 14 nitrogen and oxygen atoms in total. The number of amides is 2. The molecule has 4 fully saturated rings. The third-order valence-electron chi connectivity index (χ3n) is 12.1. The van der Waals surface area contributed by atoms with Crippen LogP contribution in [0.1, 0.15) is 76.0 Å². The van der Waals surface area contributed by atoms with Gasteiger partial charge in [-0.05, 0) is 79.7 Å². The Kier molecular flexibility index (Phi) is 14.9. The number of aromatic amines is 1. The number of aromatic nitrogens is 6. The van der Waals surface area contributed by atoms with E-state index in [1.54, 1.807) is 16.0 Å². The minimum atomic E-state index is -4.63. The Bertz CT molecular complexity index is 2950. The number of hydrogen-bond acceptors (Lipinski definition) is 8. The van der Waals surface area contributed by atoms with Gasteiger partial charge < -0.3 is 29.4 Å². The van der Waals surface area contributed by atoms with Crippen molar-refractivity contribution < 1.29 is 46.0 Å². The molecule has 6 aromatic rings. The molecule has 4 aromatic heterocycles. The predicted octanol–water partition coefficient (Wildman–Crippen LogP) is 8.44. The van der Waals surface area contributed by atoms with Gasteiger partial charge in [-0.3, -0.25) is 28.3 Å². The molecule has 3 N–H and O–H groups in total. The molecule has 0 radical (unpaired) electrons. The second-order valence-electron chi connectivity index (χ2n) is 17.0. The van der Waals surface area contributed by atoms with E-state index in [-0.39, 0.29) is 77.3 Å². The SMILES string of the molecule is C.O=C(Cn1cnc2[nH]cc(-c3ccc(Cl)c(C(F)(F)F)c3)c2c1=O)N1CCCC1.O=C(Cn1cnc2c(c(-c3ccc(Cl)c(C(F)(F)F)c3)cn2C2CC2)c1=O)N1CCCC1.OB(O)C1CC1. The summed E-state index contributed by atoms with van der Waals surface area (Å²) in [6.07, 6.45) is 4.03. The summed E-state index contributed by atoms with van der Waals surface area (Å²) in [6.45, 7) is 2.33. The van der Waals surface area contributed by atoms with Crippen molar-refractivity contribution in [2.24, 2.45) is 0 Å². The van der Waals surface area contributed by atoms with Crippen LogP contribution in [-0.4, -0.2) is 93.6 Å². The highest BCUT2D eigenvalue weighted by Gasteiger charge is 2.36. The topological polar surface area (TPSA) is 172 Å². The second-order valence-corrected chi connectivity index (χ2v) is 17.8. The first-order valence-electron chi connectivity index (χ1n) is 21.6. The number of carbonyl (C=O) groups excluding carboxylic acids is 2. The molecule has 0 spiro atoms. The first-order valence-corrected chi connectivity index (χ1v) is 22.4. The summed E-state index contributed by atoms with van der Waals surface area (Å²) in [6, 6.07) is 7.23. The minimum absolute atomic E-state index is 0. The molecule has 362 valence electrons. The molecule has 68 heavy (non-hydrogen) atoms. The van der Waals surface area contributed by atoms with E-state index in [0.717, 1.165) is 69.6 Å². The van der Waals surface area contributed by atoms with Gasteiger partial charge in [-0.15, -0.1) is 0 Å². The first-order chi connectivity index (χ1) is 31.8. The Labute approximate surface area is 395 Å². The van der Waals surface area contributed by atoms with E-state index in [2.05, 4.69) is 15.0 Å². The van der Waals surface area contributed by atoms with Gasteiger partial charge in [0.25, 0.3) is 11.1 Å². The fourth-order valence-corrected chi connectivity index (χ4v) is 8.62. The third-order valence-corrected chi connectivity index (χ3v) is 12.8. The van der Waals surface area contributed by atoms with Gasteiger partial charge in [0, 0.05) is 55.7 Å². The summed E-state index contributed by atoms with van der Waals surface area (Å²) in [5, 5.41) is 16.0. The maximum absolute atomic E-state index is 13.4. The Morgan fingerprint density at radius 3 is 1.62 bits per heavy atom. The fraction of sp³-hybridized carbons (Fsp3) is 0.422. The van der Waals surface area contributed by atoms with Crippen LogP contribution in [0.5, 0.6) is 0 Å². The molecule has 2 aliphatic carbocycles. The number of likely N-dealkylation sites (tertiary alicyclic amines) is 2. The molecule has 0 bridgehead atoms. The summed E-state index contributed by atoms with van der Waals surface area (Å²) in [7, 11) is -1.04. The molecular weight excluding hydrogens is 944 g/mol. The molecule has 2 aliphatic heterocycles. The lowest BCUT2D eigenvalue weighted by Gasteiger charge is -2.16. The van der Waals surface area contributed by atoms with Gasteiger partial charge in [-0.2, -0.15) is 26.3 Å². The maximum atomic E-state index is 13.4. The first kappa shape index (κ1) is 50.2. The molecule has 10 rings (SSSR count). The lowest BCUT2D eigenvalue weighted by atomic mass is 9.84. The van der Waals surface area contributed by atoms with Crippen LogP contribution in [0.4, 0.5) is 26.3 Å². The van der Waals surface area contributed by atoms with E-state index in [0.29, 0.717) is 37.4 Å². The number of H-pyrrole nitrogens is 1. The molecule has 2 aromatic carbocycles. The van der Waals surface area contributed by atoms with Crippen molar-refractivity contribution in [3.8, 4) is 22.3 Å². The highest BCUT2D eigenvalue weighted by atomic mass is 35.5. The Hall–Kier alpha value is -5.64. The Balaban J connectivity index is 0.000000177. The number of carbonyl (C=O) groups is 2. The van der Waals surface area contributed by atoms with Crippen molar-refractivity contribution in [2.45, 2.75) is 96.1 Å². The number of nitrogens with zero attached hydrogens (tertiary/aromatic N) is 7. The summed E-state index contributed by atoms with van der Waals surface area (Å²) < 4.78 is 84.2. The molecule has 4 aliphatic rings. The van der Waals surface area contributed by atoms with Crippen molar-refractivity contribution in [3.63, 3.8) is 0 Å². The van der Waals surface area contributed by atoms with E-state index in [1.165, 1.54) is 46.2 Å². The predicted molar refractivity (Wildman–Crippen MR) is 245 cm³/mol. The van der Waals surface area contributed by atoms with E-state index in [1.807, 2.05) is 4.57 Å². The number of nitrogens with one attached hydrogen (secondary N) is 1. The monoisotopic (exact) mass is 990 g/mol. The van der Waals surface area contributed by atoms with E-state index < -0.39 is 51.8 Å². The van der Waals surface area contributed by atoms with Crippen LogP contribution < -0.4 is 11.1 Å². The van der Waals surface area contributed by atoms with Gasteiger partial charge in [-0.25, -0.2) is 9.97 Å². The molecule has 2 amide bonds. The molecule has 23 heteroatoms. The van der Waals surface area contributed by atoms with Gasteiger partial charge in [0.2, 0.25) is 11.8 Å². The number of alkyl halides is 6. The van der Waals surface area contributed by atoms with Crippen LogP contribution in [-0.2, 0) is 35.0 Å². The van der Waals surface area contributed by atoms with Crippen LogP contribution in [0.15, 0.2) is 71.0 Å². The lowest BCUT2D eigenvalue weighted by molar-refractivity contribution is -0.138. The number of fused-ring (bicyclic) bond motifs is 2. The zero-order valence-electron chi connectivity index (χ0n) is 35.6. The van der Waals surface area contributed by atoms with Gasteiger partial charge in [0.05, 0.1) is 31.9 Å². The zero-order valence-corrected chi connectivity index (χ0v) is 37.1. The molecule has 6 heterocycles. The van der Waals surface area contributed by atoms with Crippen LogP contribution in [0, 0.1) is 0 Å². The summed E-state index contributed by atoms with van der Waals surface area (Å²) in [5.74, 6) is -0.140. The normalized spacial score (nSPS) is 16.0. The smallest absolute Gasteiger partial charge is 0.427 e. The minimum Gasteiger partial charge on any atom is -0.427 e. The Morgan fingerprint density at radius 2 is 1.18 bits per heavy atom. The molecule has 2 saturated heterocycles. The summed E-state index contributed by atoms with van der Waals surface area (Å²) in [4.78, 5) is 66.0. The molecule has 0 atom stereocenters. The molecule has 0 unspecified atom stereocenters. The van der Waals surface area contributed by atoms with Crippen molar-refractivity contribution in [2.75, 3.05) is 26.2 Å². The van der Waals surface area contributed by atoms with E-state index in [9.17, 15) is 45.5 Å². The molecular formula is C45H47BCl2F6N8O6. The van der Waals surface area contributed by atoms with Crippen LogP contribution >= 0.6 is 23.2 Å². The highest BCUT2D eigenvalue weighted by Crippen LogP contribution is 2.43. The van der Waals surface area contributed by atoms with Crippen molar-refractivity contribution in [3.05, 3.63) is 103 Å². The van der Waals surface area contributed by atoms with Gasteiger partial charge in [0.1, 0.15) is 37.0 Å². The number of rotatable bonds is 8.